The lowest BCUT2D eigenvalue weighted by atomic mass is 10.1. The molecule has 0 amide bonds. The van der Waals surface area contributed by atoms with Crippen LogP contribution in [0.5, 0.6) is 0 Å². The second-order valence-electron chi connectivity index (χ2n) is 3.03. The Balaban J connectivity index is 2.95. The van der Waals surface area contributed by atoms with Crippen LogP contribution >= 0.6 is 0 Å². The van der Waals surface area contributed by atoms with Crippen molar-refractivity contribution in [2.24, 2.45) is 5.73 Å². The molecule has 1 aromatic rings. The number of nitrogens with two attached hydrogens (primary N) is 1. The molecule has 0 atom stereocenters. The van der Waals surface area contributed by atoms with E-state index in [4.69, 9.17) is 5.73 Å². The van der Waals surface area contributed by atoms with Gasteiger partial charge in [0.25, 0.3) is 0 Å². The minimum atomic E-state index is -4.35. The first-order chi connectivity index (χ1) is 7.43. The molecule has 3 nitrogen and oxygen atoms in total. The molecule has 16 heavy (non-hydrogen) atoms. The first-order valence-corrected chi connectivity index (χ1v) is 4.37. The van der Waals surface area contributed by atoms with Gasteiger partial charge in [0, 0.05) is 0 Å². The van der Waals surface area contributed by atoms with E-state index in [-0.39, 0.29) is 5.82 Å². The highest BCUT2D eigenvalue weighted by Crippen LogP contribution is 2.29. The minimum Gasteiger partial charge on any atom is -0.384 e. The van der Waals surface area contributed by atoms with E-state index >= 15 is 0 Å². The Morgan fingerprint density at radius 2 is 2.12 bits per heavy atom. The second kappa shape index (κ2) is 4.89. The molecule has 3 N–H and O–H groups in total. The number of benzene rings is 1. The standard InChI is InChI=1S/C10H11F3N2O/c1-16-15-9(14)6-7-3-2-4-8(5-7)10(11,12)13/h2-6,15H,14H2,1H3/b9-6+. The van der Waals surface area contributed by atoms with E-state index in [0.29, 0.717) is 5.56 Å². The molecule has 0 aliphatic heterocycles. The molecule has 6 heteroatoms. The number of hydroxylamine groups is 1. The van der Waals surface area contributed by atoms with Gasteiger partial charge < -0.3 is 5.73 Å². The van der Waals surface area contributed by atoms with Crippen LogP contribution in [-0.4, -0.2) is 7.11 Å². The minimum absolute atomic E-state index is 0.127. The zero-order valence-corrected chi connectivity index (χ0v) is 8.51. The lowest BCUT2D eigenvalue weighted by molar-refractivity contribution is -0.137. The third-order valence-corrected chi connectivity index (χ3v) is 1.76. The van der Waals surface area contributed by atoms with Crippen molar-refractivity contribution >= 4 is 6.08 Å². The molecular formula is C10H11F3N2O. The van der Waals surface area contributed by atoms with Crippen LogP contribution in [0.3, 0.4) is 0 Å². The molecule has 0 fully saturated rings. The van der Waals surface area contributed by atoms with Gasteiger partial charge in [-0.25, -0.2) is 0 Å². The van der Waals surface area contributed by atoms with Crippen LogP contribution in [0.4, 0.5) is 13.2 Å². The van der Waals surface area contributed by atoms with Crippen LogP contribution in [0, 0.1) is 0 Å². The SMILES string of the molecule is CON/C(N)=C/c1cccc(C(F)(F)F)c1. The first-order valence-electron chi connectivity index (χ1n) is 4.37. The average molecular weight is 232 g/mol. The highest BCUT2D eigenvalue weighted by Gasteiger charge is 2.30. The van der Waals surface area contributed by atoms with E-state index in [9.17, 15) is 13.2 Å². The van der Waals surface area contributed by atoms with E-state index in [2.05, 4.69) is 10.3 Å². The van der Waals surface area contributed by atoms with Crippen LogP contribution in [0.25, 0.3) is 6.08 Å². The van der Waals surface area contributed by atoms with E-state index in [0.717, 1.165) is 12.1 Å². The number of hydrogen-bond acceptors (Lipinski definition) is 3. The highest BCUT2D eigenvalue weighted by molar-refractivity contribution is 5.52. The molecule has 88 valence electrons. The Bertz CT molecular complexity index is 388. The maximum absolute atomic E-state index is 12.4. The Morgan fingerprint density at radius 3 is 2.69 bits per heavy atom. The van der Waals surface area contributed by atoms with Crippen LogP contribution in [0.2, 0.25) is 0 Å². The van der Waals surface area contributed by atoms with Crippen molar-refractivity contribution in [2.45, 2.75) is 6.18 Å². The van der Waals surface area contributed by atoms with E-state index in [1.54, 1.807) is 0 Å². The van der Waals surface area contributed by atoms with Gasteiger partial charge in [0.05, 0.1) is 12.7 Å². The fraction of sp³-hybridized carbons (Fsp3) is 0.200. The summed E-state index contributed by atoms with van der Waals surface area (Å²) in [7, 11) is 1.35. The van der Waals surface area contributed by atoms with Crippen molar-refractivity contribution in [1.82, 2.24) is 5.48 Å². The molecule has 0 aliphatic carbocycles. The van der Waals surface area contributed by atoms with E-state index < -0.39 is 11.7 Å². The second-order valence-corrected chi connectivity index (χ2v) is 3.03. The molecule has 0 heterocycles. The Morgan fingerprint density at radius 1 is 1.44 bits per heavy atom. The Hall–Kier alpha value is -1.69. The molecule has 1 aromatic carbocycles. The van der Waals surface area contributed by atoms with Gasteiger partial charge in [-0.1, -0.05) is 12.1 Å². The normalized spacial score (nSPS) is 12.6. The molecule has 0 bridgehead atoms. The van der Waals surface area contributed by atoms with Gasteiger partial charge in [0.2, 0.25) is 0 Å². The quantitative estimate of drug-likeness (QED) is 0.785. The maximum Gasteiger partial charge on any atom is 0.416 e. The van der Waals surface area contributed by atoms with Crippen LogP contribution in [0.1, 0.15) is 11.1 Å². The third kappa shape index (κ3) is 3.47. The zero-order chi connectivity index (χ0) is 12.2. The van der Waals surface area contributed by atoms with Gasteiger partial charge in [-0.15, -0.1) is 0 Å². The van der Waals surface area contributed by atoms with Gasteiger partial charge >= 0.3 is 6.18 Å². The zero-order valence-electron chi connectivity index (χ0n) is 8.51. The van der Waals surface area contributed by atoms with Gasteiger partial charge in [-0.05, 0) is 23.8 Å². The molecule has 0 saturated carbocycles. The van der Waals surface area contributed by atoms with Gasteiger partial charge in [-0.2, -0.15) is 13.2 Å². The summed E-state index contributed by atoms with van der Waals surface area (Å²) in [5, 5.41) is 0. The molecule has 0 aliphatic rings. The summed E-state index contributed by atoms with van der Waals surface area (Å²) in [6.07, 6.45) is -3.01. The van der Waals surface area contributed by atoms with Crippen LogP contribution in [-0.2, 0) is 11.0 Å². The fourth-order valence-electron chi connectivity index (χ4n) is 1.13. The van der Waals surface area contributed by atoms with Crippen molar-refractivity contribution < 1.29 is 18.0 Å². The van der Waals surface area contributed by atoms with Gasteiger partial charge in [-0.3, -0.25) is 10.3 Å². The van der Waals surface area contributed by atoms with Crippen molar-refractivity contribution in [2.75, 3.05) is 7.11 Å². The molecule has 0 unspecified atom stereocenters. The average Bonchev–Trinajstić information content (AvgIpc) is 2.17. The maximum atomic E-state index is 12.4. The van der Waals surface area contributed by atoms with Crippen LogP contribution in [0.15, 0.2) is 30.1 Å². The summed E-state index contributed by atoms with van der Waals surface area (Å²) in [6, 6.07) is 4.83. The van der Waals surface area contributed by atoms with E-state index in [1.165, 1.54) is 25.3 Å². The summed E-state index contributed by atoms with van der Waals surface area (Å²) in [4.78, 5) is 4.51. The smallest absolute Gasteiger partial charge is 0.384 e. The number of alkyl halides is 3. The molecular weight excluding hydrogens is 221 g/mol. The molecule has 0 radical (unpaired) electrons. The van der Waals surface area contributed by atoms with Crippen LogP contribution < -0.4 is 11.2 Å². The Labute approximate surface area is 90.7 Å². The lowest BCUT2D eigenvalue weighted by Crippen LogP contribution is -2.18. The molecule has 0 spiro atoms. The van der Waals surface area contributed by atoms with Crippen molar-refractivity contribution in [3.05, 3.63) is 41.2 Å². The largest absolute Gasteiger partial charge is 0.416 e. The fourth-order valence-corrected chi connectivity index (χ4v) is 1.13. The summed E-state index contributed by atoms with van der Waals surface area (Å²) in [5.74, 6) is 0.127. The molecule has 1 rings (SSSR count). The summed E-state index contributed by atoms with van der Waals surface area (Å²) < 4.78 is 37.1. The van der Waals surface area contributed by atoms with E-state index in [1.807, 2.05) is 0 Å². The predicted molar refractivity (Wildman–Crippen MR) is 53.8 cm³/mol. The monoisotopic (exact) mass is 232 g/mol. The number of hydrogen-bond donors (Lipinski definition) is 2. The summed E-state index contributed by atoms with van der Waals surface area (Å²) >= 11 is 0. The van der Waals surface area contributed by atoms with Crippen molar-refractivity contribution in [3.8, 4) is 0 Å². The highest BCUT2D eigenvalue weighted by atomic mass is 19.4. The predicted octanol–water partition coefficient (Wildman–Crippen LogP) is 2.11. The number of nitrogens with one attached hydrogen (secondary N) is 1. The molecule has 0 aromatic heterocycles. The number of halogens is 3. The van der Waals surface area contributed by atoms with Gasteiger partial charge in [0.1, 0.15) is 5.82 Å². The van der Waals surface area contributed by atoms with Crippen molar-refractivity contribution in [1.29, 1.82) is 0 Å². The summed E-state index contributed by atoms with van der Waals surface area (Å²) in [5.41, 5.74) is 7.36. The molecule has 0 saturated heterocycles. The van der Waals surface area contributed by atoms with Gasteiger partial charge in [0.15, 0.2) is 0 Å². The topological polar surface area (TPSA) is 47.3 Å². The lowest BCUT2D eigenvalue weighted by Gasteiger charge is -2.07. The Kier molecular flexibility index (Phi) is 3.78. The first kappa shape index (κ1) is 12.4. The van der Waals surface area contributed by atoms with Crippen molar-refractivity contribution in [3.63, 3.8) is 0 Å². The third-order valence-electron chi connectivity index (χ3n) is 1.76. The number of rotatable bonds is 3. The summed E-state index contributed by atoms with van der Waals surface area (Å²) in [6.45, 7) is 0.